The van der Waals surface area contributed by atoms with Gasteiger partial charge in [-0.3, -0.25) is 0 Å². The molecular weight excluding hydrogens is 215 g/mol. The van der Waals surface area contributed by atoms with Crippen LogP contribution in [-0.4, -0.2) is 24.5 Å². The molecule has 17 heavy (non-hydrogen) atoms. The van der Waals surface area contributed by atoms with E-state index in [1.54, 1.807) is 12.1 Å². The molecule has 0 bridgehead atoms. The van der Waals surface area contributed by atoms with E-state index in [1.165, 1.54) is 6.07 Å². The monoisotopic (exact) mass is 238 g/mol. The topological polar surface area (TPSA) is 29.3 Å². The summed E-state index contributed by atoms with van der Waals surface area (Å²) in [5.74, 6) is -0.179. The van der Waals surface area contributed by atoms with Gasteiger partial charge in [0.2, 0.25) is 0 Å². The van der Waals surface area contributed by atoms with E-state index in [4.69, 9.17) is 5.73 Å². The van der Waals surface area contributed by atoms with Crippen LogP contribution < -0.4 is 5.73 Å². The first-order valence-corrected chi connectivity index (χ1v) is 6.00. The Balaban J connectivity index is 2.79. The second kappa shape index (κ2) is 5.61. The van der Waals surface area contributed by atoms with Crippen LogP contribution in [0, 0.1) is 5.82 Å². The molecule has 2 N–H and O–H groups in total. The zero-order valence-corrected chi connectivity index (χ0v) is 11.2. The van der Waals surface area contributed by atoms with E-state index >= 15 is 0 Å². The van der Waals surface area contributed by atoms with Crippen LogP contribution >= 0.6 is 0 Å². The Hall–Kier alpha value is -0.930. The first-order valence-electron chi connectivity index (χ1n) is 6.00. The molecule has 0 aliphatic heterocycles. The molecule has 0 spiro atoms. The Morgan fingerprint density at radius 1 is 1.35 bits per heavy atom. The minimum absolute atomic E-state index is 0.179. The highest BCUT2D eigenvalue weighted by Crippen LogP contribution is 2.26. The molecule has 0 amide bonds. The van der Waals surface area contributed by atoms with Gasteiger partial charge >= 0.3 is 0 Å². The zero-order chi connectivity index (χ0) is 13.1. The van der Waals surface area contributed by atoms with Gasteiger partial charge in [-0.2, -0.15) is 0 Å². The molecular formula is C14H23FN2. The maximum absolute atomic E-state index is 13.2. The molecule has 1 aromatic rings. The van der Waals surface area contributed by atoms with Gasteiger partial charge in [0.05, 0.1) is 0 Å². The van der Waals surface area contributed by atoms with Gasteiger partial charge in [-0.15, -0.1) is 0 Å². The van der Waals surface area contributed by atoms with E-state index in [0.29, 0.717) is 0 Å². The molecule has 0 radical (unpaired) electrons. The van der Waals surface area contributed by atoms with Gasteiger partial charge in [0.15, 0.2) is 0 Å². The van der Waals surface area contributed by atoms with Crippen LogP contribution in [0.25, 0.3) is 0 Å². The summed E-state index contributed by atoms with van der Waals surface area (Å²) < 4.78 is 13.2. The first kappa shape index (κ1) is 14.1. The number of nitrogens with two attached hydrogens (primary N) is 1. The van der Waals surface area contributed by atoms with Gasteiger partial charge in [0.25, 0.3) is 0 Å². The van der Waals surface area contributed by atoms with E-state index in [-0.39, 0.29) is 17.4 Å². The zero-order valence-electron chi connectivity index (χ0n) is 11.2. The maximum Gasteiger partial charge on any atom is 0.123 e. The summed E-state index contributed by atoms with van der Waals surface area (Å²) in [6.45, 7) is 4.04. The third-order valence-electron chi connectivity index (χ3n) is 2.92. The van der Waals surface area contributed by atoms with E-state index in [2.05, 4.69) is 4.90 Å². The normalized spacial score (nSPS) is 14.1. The summed E-state index contributed by atoms with van der Waals surface area (Å²) in [7, 11) is 4.03. The minimum Gasteiger partial charge on any atom is -0.326 e. The highest BCUT2D eigenvalue weighted by Gasteiger charge is 2.19. The maximum atomic E-state index is 13.2. The molecule has 0 aliphatic carbocycles. The van der Waals surface area contributed by atoms with E-state index < -0.39 is 0 Å². The summed E-state index contributed by atoms with van der Waals surface area (Å²) in [5.41, 5.74) is 6.83. The van der Waals surface area contributed by atoms with Crippen molar-refractivity contribution >= 4 is 0 Å². The number of halogens is 1. The lowest BCUT2D eigenvalue weighted by atomic mass is 9.93. The van der Waals surface area contributed by atoms with Gasteiger partial charge in [0.1, 0.15) is 5.82 Å². The van der Waals surface area contributed by atoms with Crippen molar-refractivity contribution in [2.45, 2.75) is 38.3 Å². The Bertz CT molecular complexity index is 355. The standard InChI is InChI=1S/C14H23FN2/c1-14(2,16)9-8-13(17(3)4)11-6-5-7-12(15)10-11/h5-7,10,13H,8-9,16H2,1-4H3. The summed E-state index contributed by atoms with van der Waals surface area (Å²) in [6, 6.07) is 7.03. The van der Waals surface area contributed by atoms with Crippen molar-refractivity contribution in [1.82, 2.24) is 4.90 Å². The lowest BCUT2D eigenvalue weighted by Crippen LogP contribution is -2.33. The molecule has 0 heterocycles. The number of nitrogens with zero attached hydrogens (tertiary/aromatic N) is 1. The second-order valence-electron chi connectivity index (χ2n) is 5.56. The smallest absolute Gasteiger partial charge is 0.123 e. The SMILES string of the molecule is CN(C)C(CCC(C)(C)N)c1cccc(F)c1. The first-order chi connectivity index (χ1) is 7.79. The number of benzene rings is 1. The van der Waals surface area contributed by atoms with Gasteiger partial charge in [-0.25, -0.2) is 4.39 Å². The van der Waals surface area contributed by atoms with Crippen LogP contribution in [0.5, 0.6) is 0 Å². The fraction of sp³-hybridized carbons (Fsp3) is 0.571. The second-order valence-corrected chi connectivity index (χ2v) is 5.56. The minimum atomic E-state index is -0.179. The van der Waals surface area contributed by atoms with Crippen LogP contribution in [0.15, 0.2) is 24.3 Å². The van der Waals surface area contributed by atoms with E-state index in [1.807, 2.05) is 34.0 Å². The largest absolute Gasteiger partial charge is 0.326 e. The van der Waals surface area contributed by atoms with Gasteiger partial charge in [0, 0.05) is 11.6 Å². The number of rotatable bonds is 5. The highest BCUT2D eigenvalue weighted by atomic mass is 19.1. The van der Waals surface area contributed by atoms with Gasteiger partial charge < -0.3 is 10.6 Å². The summed E-state index contributed by atoms with van der Waals surface area (Å²) in [6.07, 6.45) is 1.84. The predicted molar refractivity (Wildman–Crippen MR) is 70.3 cm³/mol. The average molecular weight is 238 g/mol. The van der Waals surface area contributed by atoms with Crippen LogP contribution in [-0.2, 0) is 0 Å². The molecule has 1 unspecified atom stereocenters. The fourth-order valence-corrected chi connectivity index (χ4v) is 1.95. The van der Waals surface area contributed by atoms with Crippen LogP contribution in [0.4, 0.5) is 4.39 Å². The van der Waals surface area contributed by atoms with Gasteiger partial charge in [-0.1, -0.05) is 12.1 Å². The van der Waals surface area contributed by atoms with E-state index in [0.717, 1.165) is 18.4 Å². The Kier molecular flexibility index (Phi) is 4.66. The average Bonchev–Trinajstić information content (AvgIpc) is 2.15. The summed E-state index contributed by atoms with van der Waals surface area (Å²) in [5, 5.41) is 0. The van der Waals surface area contributed by atoms with Crippen LogP contribution in [0.1, 0.15) is 38.3 Å². The third kappa shape index (κ3) is 4.84. The van der Waals surface area contributed by atoms with Crippen molar-refractivity contribution in [3.8, 4) is 0 Å². The van der Waals surface area contributed by atoms with Crippen molar-refractivity contribution in [2.75, 3.05) is 14.1 Å². The molecule has 0 saturated carbocycles. The molecule has 0 fully saturated rings. The molecule has 3 heteroatoms. The summed E-state index contributed by atoms with van der Waals surface area (Å²) >= 11 is 0. The molecule has 0 saturated heterocycles. The summed E-state index contributed by atoms with van der Waals surface area (Å²) in [4.78, 5) is 2.11. The molecule has 0 aliphatic rings. The predicted octanol–water partition coefficient (Wildman–Crippen LogP) is 2.95. The fourth-order valence-electron chi connectivity index (χ4n) is 1.95. The number of hydrogen-bond acceptors (Lipinski definition) is 2. The van der Waals surface area contributed by atoms with Crippen LogP contribution in [0.2, 0.25) is 0 Å². The van der Waals surface area contributed by atoms with Crippen molar-refractivity contribution in [3.05, 3.63) is 35.6 Å². The number of hydrogen-bond donors (Lipinski definition) is 1. The molecule has 1 atom stereocenters. The molecule has 1 rings (SSSR count). The Morgan fingerprint density at radius 3 is 2.47 bits per heavy atom. The lowest BCUT2D eigenvalue weighted by Gasteiger charge is -2.28. The Labute approximate surface area is 104 Å². The molecule has 1 aromatic carbocycles. The van der Waals surface area contributed by atoms with Crippen molar-refractivity contribution in [1.29, 1.82) is 0 Å². The van der Waals surface area contributed by atoms with Crippen LogP contribution in [0.3, 0.4) is 0 Å². The quantitative estimate of drug-likeness (QED) is 0.854. The molecule has 0 aromatic heterocycles. The molecule has 96 valence electrons. The van der Waals surface area contributed by atoms with Crippen molar-refractivity contribution < 1.29 is 4.39 Å². The van der Waals surface area contributed by atoms with Crippen molar-refractivity contribution in [3.63, 3.8) is 0 Å². The van der Waals surface area contributed by atoms with Crippen molar-refractivity contribution in [2.24, 2.45) is 5.73 Å². The lowest BCUT2D eigenvalue weighted by molar-refractivity contribution is 0.261. The highest BCUT2D eigenvalue weighted by molar-refractivity contribution is 5.20. The van der Waals surface area contributed by atoms with E-state index in [9.17, 15) is 4.39 Å². The third-order valence-corrected chi connectivity index (χ3v) is 2.92. The van der Waals surface area contributed by atoms with Gasteiger partial charge in [-0.05, 0) is 58.5 Å². The molecule has 2 nitrogen and oxygen atoms in total. The Morgan fingerprint density at radius 2 is 2.00 bits per heavy atom.